The van der Waals surface area contributed by atoms with Crippen molar-refractivity contribution < 1.29 is 9.53 Å². The molecular weight excluding hydrogens is 264 g/mol. The fraction of sp³-hybridized carbons (Fsp3) is 0.529. The first-order valence-corrected chi connectivity index (χ1v) is 7.16. The minimum atomic E-state index is -0.518. The number of nitrogens with zero attached hydrogens (tertiary/aromatic N) is 1. The minimum absolute atomic E-state index is 0.0248. The Balaban J connectivity index is 2.25. The Morgan fingerprint density at radius 1 is 1.43 bits per heavy atom. The SMILES string of the molecule is CC(C)(C)OC(=O)NC1CC(C)(C)c2ccc(C#N)cc21. The summed E-state index contributed by atoms with van der Waals surface area (Å²) in [6.45, 7) is 9.82. The molecule has 1 aromatic rings. The summed E-state index contributed by atoms with van der Waals surface area (Å²) in [6, 6.07) is 7.73. The van der Waals surface area contributed by atoms with E-state index in [1.54, 1.807) is 0 Å². The average molecular weight is 286 g/mol. The molecule has 1 aliphatic rings. The van der Waals surface area contributed by atoms with Gasteiger partial charge in [0, 0.05) is 0 Å². The van der Waals surface area contributed by atoms with Gasteiger partial charge in [-0.1, -0.05) is 19.9 Å². The van der Waals surface area contributed by atoms with Crippen molar-refractivity contribution in [1.29, 1.82) is 5.26 Å². The third kappa shape index (κ3) is 3.36. The first-order chi connectivity index (χ1) is 9.62. The van der Waals surface area contributed by atoms with Gasteiger partial charge in [-0.3, -0.25) is 0 Å². The Labute approximate surface area is 126 Å². The molecule has 1 aliphatic carbocycles. The van der Waals surface area contributed by atoms with E-state index in [4.69, 9.17) is 10.00 Å². The summed E-state index contributed by atoms with van der Waals surface area (Å²) < 4.78 is 5.32. The average Bonchev–Trinajstić information content (AvgIpc) is 2.58. The summed E-state index contributed by atoms with van der Waals surface area (Å²) in [6.07, 6.45) is 0.384. The van der Waals surface area contributed by atoms with E-state index in [1.807, 2.05) is 39.0 Å². The Kier molecular flexibility index (Phi) is 3.71. The van der Waals surface area contributed by atoms with Gasteiger partial charge >= 0.3 is 6.09 Å². The predicted molar refractivity (Wildman–Crippen MR) is 80.9 cm³/mol. The van der Waals surface area contributed by atoms with E-state index in [-0.39, 0.29) is 11.5 Å². The van der Waals surface area contributed by atoms with Gasteiger partial charge in [-0.15, -0.1) is 0 Å². The predicted octanol–water partition coefficient (Wildman–Crippen LogP) is 3.81. The van der Waals surface area contributed by atoms with E-state index in [9.17, 15) is 4.79 Å². The zero-order valence-corrected chi connectivity index (χ0v) is 13.3. The van der Waals surface area contributed by atoms with E-state index in [2.05, 4.69) is 25.2 Å². The summed E-state index contributed by atoms with van der Waals surface area (Å²) in [7, 11) is 0. The van der Waals surface area contributed by atoms with Gasteiger partial charge < -0.3 is 10.1 Å². The number of benzene rings is 1. The van der Waals surface area contributed by atoms with Crippen LogP contribution in [-0.4, -0.2) is 11.7 Å². The van der Waals surface area contributed by atoms with Gasteiger partial charge in [-0.25, -0.2) is 4.79 Å². The summed E-state index contributed by atoms with van der Waals surface area (Å²) in [5.41, 5.74) is 2.27. The Morgan fingerprint density at radius 3 is 2.67 bits per heavy atom. The highest BCUT2D eigenvalue weighted by Crippen LogP contribution is 2.44. The molecule has 0 radical (unpaired) electrons. The fourth-order valence-corrected chi connectivity index (χ4v) is 2.85. The highest BCUT2D eigenvalue weighted by molar-refractivity contribution is 5.69. The first-order valence-electron chi connectivity index (χ1n) is 7.16. The molecule has 0 heterocycles. The molecule has 0 bridgehead atoms. The summed E-state index contributed by atoms with van der Waals surface area (Å²) in [4.78, 5) is 12.0. The molecule has 0 aromatic heterocycles. The molecule has 0 saturated carbocycles. The minimum Gasteiger partial charge on any atom is -0.444 e. The summed E-state index contributed by atoms with van der Waals surface area (Å²) in [5, 5.41) is 12.0. The van der Waals surface area contributed by atoms with Crippen molar-refractivity contribution in [3.8, 4) is 6.07 Å². The Hall–Kier alpha value is -2.02. The van der Waals surface area contributed by atoms with E-state index in [0.29, 0.717) is 5.56 Å². The lowest BCUT2D eigenvalue weighted by Gasteiger charge is -2.23. The molecule has 2 rings (SSSR count). The molecule has 1 N–H and O–H groups in total. The lowest BCUT2D eigenvalue weighted by molar-refractivity contribution is 0.0501. The van der Waals surface area contributed by atoms with Gasteiger partial charge in [0.2, 0.25) is 0 Å². The number of nitrogens with one attached hydrogen (secondary N) is 1. The van der Waals surface area contributed by atoms with Crippen molar-refractivity contribution >= 4 is 6.09 Å². The number of nitriles is 1. The number of ether oxygens (including phenoxy) is 1. The van der Waals surface area contributed by atoms with Crippen LogP contribution in [0.15, 0.2) is 18.2 Å². The van der Waals surface area contributed by atoms with Crippen molar-refractivity contribution in [3.63, 3.8) is 0 Å². The molecular formula is C17H22N2O2. The molecule has 1 unspecified atom stereocenters. The molecule has 0 saturated heterocycles. The number of hydrogen-bond acceptors (Lipinski definition) is 3. The number of rotatable bonds is 1. The highest BCUT2D eigenvalue weighted by Gasteiger charge is 2.38. The standard InChI is InChI=1S/C17H22N2O2/c1-16(2,3)21-15(20)19-14-9-17(4,5)13-7-6-11(10-18)8-12(13)14/h6-8,14H,9H2,1-5H3,(H,19,20). The Morgan fingerprint density at radius 2 is 2.10 bits per heavy atom. The number of carbonyl (C=O) groups excluding carboxylic acids is 1. The molecule has 0 spiro atoms. The van der Waals surface area contributed by atoms with E-state index in [0.717, 1.165) is 12.0 Å². The monoisotopic (exact) mass is 286 g/mol. The van der Waals surface area contributed by atoms with Gasteiger partial charge in [0.25, 0.3) is 0 Å². The maximum atomic E-state index is 12.0. The van der Waals surface area contributed by atoms with Gasteiger partial charge in [-0.05, 0) is 55.9 Å². The van der Waals surface area contributed by atoms with E-state index in [1.165, 1.54) is 5.56 Å². The van der Waals surface area contributed by atoms with Crippen LogP contribution in [0.2, 0.25) is 0 Å². The molecule has 0 aliphatic heterocycles. The van der Waals surface area contributed by atoms with Crippen LogP contribution in [0.25, 0.3) is 0 Å². The van der Waals surface area contributed by atoms with E-state index < -0.39 is 11.7 Å². The van der Waals surface area contributed by atoms with Crippen LogP contribution in [0, 0.1) is 11.3 Å². The lowest BCUT2D eigenvalue weighted by atomic mass is 9.86. The quantitative estimate of drug-likeness (QED) is 0.854. The lowest BCUT2D eigenvalue weighted by Crippen LogP contribution is -2.34. The van der Waals surface area contributed by atoms with Crippen molar-refractivity contribution in [2.75, 3.05) is 0 Å². The second-order valence-electron chi connectivity index (χ2n) is 7.20. The third-order valence-electron chi connectivity index (χ3n) is 3.69. The summed E-state index contributed by atoms with van der Waals surface area (Å²) >= 11 is 0. The van der Waals surface area contributed by atoms with Gasteiger partial charge in [-0.2, -0.15) is 5.26 Å². The van der Waals surface area contributed by atoms with E-state index >= 15 is 0 Å². The second kappa shape index (κ2) is 5.07. The largest absolute Gasteiger partial charge is 0.444 e. The van der Waals surface area contributed by atoms with Crippen LogP contribution in [0.1, 0.15) is 63.8 Å². The number of carbonyl (C=O) groups is 1. The van der Waals surface area contributed by atoms with Gasteiger partial charge in [0.1, 0.15) is 5.60 Å². The molecule has 1 aromatic carbocycles. The zero-order valence-electron chi connectivity index (χ0n) is 13.3. The zero-order chi connectivity index (χ0) is 15.8. The smallest absolute Gasteiger partial charge is 0.408 e. The molecule has 1 atom stereocenters. The van der Waals surface area contributed by atoms with Gasteiger partial charge in [0.15, 0.2) is 0 Å². The van der Waals surface area contributed by atoms with Crippen molar-refractivity contribution in [2.24, 2.45) is 0 Å². The number of amides is 1. The maximum Gasteiger partial charge on any atom is 0.408 e. The molecule has 112 valence electrons. The number of alkyl carbamates (subject to hydrolysis) is 1. The molecule has 4 heteroatoms. The number of hydrogen-bond donors (Lipinski definition) is 1. The summed E-state index contributed by atoms with van der Waals surface area (Å²) in [5.74, 6) is 0. The van der Waals surface area contributed by atoms with Crippen LogP contribution in [0.3, 0.4) is 0 Å². The van der Waals surface area contributed by atoms with Crippen LogP contribution in [0.5, 0.6) is 0 Å². The topological polar surface area (TPSA) is 62.1 Å². The van der Waals surface area contributed by atoms with Gasteiger partial charge in [0.05, 0.1) is 17.7 Å². The van der Waals surface area contributed by atoms with Crippen LogP contribution >= 0.6 is 0 Å². The molecule has 4 nitrogen and oxygen atoms in total. The molecule has 1 amide bonds. The van der Waals surface area contributed by atoms with Crippen LogP contribution in [-0.2, 0) is 10.2 Å². The highest BCUT2D eigenvalue weighted by atomic mass is 16.6. The second-order valence-corrected chi connectivity index (χ2v) is 7.20. The first kappa shape index (κ1) is 15.4. The number of fused-ring (bicyclic) bond motifs is 1. The van der Waals surface area contributed by atoms with Crippen LogP contribution < -0.4 is 5.32 Å². The van der Waals surface area contributed by atoms with Crippen LogP contribution in [0.4, 0.5) is 4.79 Å². The Bertz CT molecular complexity index is 606. The third-order valence-corrected chi connectivity index (χ3v) is 3.69. The normalized spacial score (nSPS) is 19.5. The molecule has 21 heavy (non-hydrogen) atoms. The van der Waals surface area contributed by atoms with Crippen molar-refractivity contribution in [1.82, 2.24) is 5.32 Å². The molecule has 0 fully saturated rings. The van der Waals surface area contributed by atoms with Crippen molar-refractivity contribution in [3.05, 3.63) is 34.9 Å². The van der Waals surface area contributed by atoms with Crippen molar-refractivity contribution in [2.45, 2.75) is 58.1 Å². The fourth-order valence-electron chi connectivity index (χ4n) is 2.85. The maximum absolute atomic E-state index is 12.0.